The van der Waals surface area contributed by atoms with Crippen molar-refractivity contribution in [3.63, 3.8) is 0 Å². The van der Waals surface area contributed by atoms with E-state index in [1.165, 1.54) is 0 Å². The maximum Gasteiger partial charge on any atom is 0.508 e. The van der Waals surface area contributed by atoms with Crippen LogP contribution in [0.25, 0.3) is 0 Å². The van der Waals surface area contributed by atoms with Crippen LogP contribution in [0.5, 0.6) is 0 Å². The van der Waals surface area contributed by atoms with Gasteiger partial charge in [-0.2, -0.15) is 9.20 Å². The molecular formula is C2H8O9P2. The van der Waals surface area contributed by atoms with E-state index in [-0.39, 0.29) is 0 Å². The molecule has 0 heterocycles. The Morgan fingerprint density at radius 3 is 2.00 bits per heavy atom. The highest BCUT2D eigenvalue weighted by atomic mass is 31.3. The van der Waals surface area contributed by atoms with E-state index in [0.29, 0.717) is 0 Å². The summed E-state index contributed by atoms with van der Waals surface area (Å²) in [5.41, 5.74) is 0. The molecule has 0 aliphatic carbocycles. The van der Waals surface area contributed by atoms with Crippen LogP contribution in [0.2, 0.25) is 0 Å². The highest BCUT2D eigenvalue weighted by Crippen LogP contribution is 2.57. The first kappa shape index (κ1) is 13.2. The maximum absolute atomic E-state index is 10.5. The van der Waals surface area contributed by atoms with Gasteiger partial charge in [-0.15, -0.1) is 4.67 Å². The molecule has 0 radical (unpaired) electrons. The molecule has 0 aromatic carbocycles. The number of aliphatic hydroxyl groups excluding tert-OH is 1. The molecule has 0 aliphatic rings. The Morgan fingerprint density at radius 1 is 1.23 bits per heavy atom. The highest BCUT2D eigenvalue weighted by Gasteiger charge is 2.34. The van der Waals surface area contributed by atoms with E-state index < -0.39 is 21.9 Å². The van der Waals surface area contributed by atoms with Gasteiger partial charge in [0.25, 0.3) is 0 Å². The molecule has 0 rings (SSSR count). The van der Waals surface area contributed by atoms with Crippen LogP contribution in [-0.2, 0) is 23.0 Å². The first-order valence-electron chi connectivity index (χ1n) is 2.75. The van der Waals surface area contributed by atoms with Crippen LogP contribution in [0.15, 0.2) is 0 Å². The second kappa shape index (κ2) is 4.61. The van der Waals surface area contributed by atoms with E-state index in [1.54, 1.807) is 0 Å². The van der Waals surface area contributed by atoms with Crippen LogP contribution in [0, 0.1) is 0 Å². The summed E-state index contributed by atoms with van der Waals surface area (Å²) in [4.78, 5) is 28.4. The van der Waals surface area contributed by atoms with E-state index in [4.69, 9.17) is 19.8 Å². The number of hydrogen-bond acceptors (Lipinski definition) is 6. The van der Waals surface area contributed by atoms with Crippen LogP contribution in [0.3, 0.4) is 0 Å². The van der Waals surface area contributed by atoms with Crippen molar-refractivity contribution in [3.05, 3.63) is 0 Å². The Bertz CT molecular complexity index is 240. The van der Waals surface area contributed by atoms with E-state index in [0.717, 1.165) is 6.92 Å². The van der Waals surface area contributed by atoms with Gasteiger partial charge in [0.15, 0.2) is 6.29 Å². The SMILES string of the molecule is CC(O)OOP(=O)(O)OP(=O)(O)O. The lowest BCUT2D eigenvalue weighted by Gasteiger charge is -2.11. The molecule has 2 unspecified atom stereocenters. The standard InChI is InChI=1S/C2H8O9P2/c1-2(3)9-10-13(7,8)11-12(4,5)6/h2-3H,1H3,(H,7,8)(H2,4,5,6). The lowest BCUT2D eigenvalue weighted by molar-refractivity contribution is -0.308. The summed E-state index contributed by atoms with van der Waals surface area (Å²) in [6, 6.07) is 0. The largest absolute Gasteiger partial charge is 0.508 e. The van der Waals surface area contributed by atoms with Crippen molar-refractivity contribution in [1.82, 2.24) is 0 Å². The molecule has 0 spiro atoms. The fourth-order valence-corrected chi connectivity index (χ4v) is 1.68. The Morgan fingerprint density at radius 2 is 1.69 bits per heavy atom. The summed E-state index contributed by atoms with van der Waals surface area (Å²) >= 11 is 0. The molecule has 9 nitrogen and oxygen atoms in total. The summed E-state index contributed by atoms with van der Waals surface area (Å²) in [6.07, 6.45) is -1.54. The molecule has 0 aliphatic heterocycles. The number of phosphoric acid groups is 2. The molecule has 2 atom stereocenters. The first-order chi connectivity index (χ1) is 5.62. The Hall–Kier alpha value is 0.180. The van der Waals surface area contributed by atoms with Gasteiger partial charge in [0.1, 0.15) is 0 Å². The van der Waals surface area contributed by atoms with Gasteiger partial charge in [0, 0.05) is 0 Å². The van der Waals surface area contributed by atoms with Crippen molar-refractivity contribution in [3.8, 4) is 0 Å². The molecule has 4 N–H and O–H groups in total. The molecule has 0 bridgehead atoms. The zero-order valence-corrected chi connectivity index (χ0v) is 8.09. The summed E-state index contributed by atoms with van der Waals surface area (Å²) in [5.74, 6) is 0. The van der Waals surface area contributed by atoms with Gasteiger partial charge < -0.3 is 19.8 Å². The summed E-state index contributed by atoms with van der Waals surface area (Å²) in [5, 5.41) is 8.38. The van der Waals surface area contributed by atoms with Gasteiger partial charge in [-0.3, -0.25) is 0 Å². The van der Waals surface area contributed by atoms with Gasteiger partial charge in [-0.05, 0) is 6.92 Å². The van der Waals surface area contributed by atoms with Gasteiger partial charge in [0.05, 0.1) is 0 Å². The number of hydrogen-bond donors (Lipinski definition) is 4. The maximum atomic E-state index is 10.5. The van der Waals surface area contributed by atoms with Crippen molar-refractivity contribution < 1.29 is 42.8 Å². The fourth-order valence-electron chi connectivity index (χ4n) is 0.265. The summed E-state index contributed by atoms with van der Waals surface area (Å²) < 4.78 is 27.4. The van der Waals surface area contributed by atoms with Crippen molar-refractivity contribution in [2.75, 3.05) is 0 Å². The Kier molecular flexibility index (Phi) is 4.67. The highest BCUT2D eigenvalue weighted by molar-refractivity contribution is 7.60. The van der Waals surface area contributed by atoms with Crippen LogP contribution in [0.4, 0.5) is 0 Å². The molecule has 0 aromatic rings. The Balaban J connectivity index is 4.10. The van der Waals surface area contributed by atoms with Crippen LogP contribution < -0.4 is 0 Å². The van der Waals surface area contributed by atoms with Crippen molar-refractivity contribution in [2.24, 2.45) is 0 Å². The van der Waals surface area contributed by atoms with Crippen LogP contribution in [-0.4, -0.2) is 26.1 Å². The fraction of sp³-hybridized carbons (Fsp3) is 1.00. The quantitative estimate of drug-likeness (QED) is 0.215. The lowest BCUT2D eigenvalue weighted by atomic mass is 10.8. The third kappa shape index (κ3) is 8.51. The smallest absolute Gasteiger partial charge is 0.366 e. The van der Waals surface area contributed by atoms with Gasteiger partial charge >= 0.3 is 15.6 Å². The molecule has 80 valence electrons. The molecule has 0 fully saturated rings. The summed E-state index contributed by atoms with van der Waals surface area (Å²) in [7, 11) is -10.2. The van der Waals surface area contributed by atoms with Crippen LogP contribution >= 0.6 is 15.6 Å². The Labute approximate surface area is 72.7 Å². The van der Waals surface area contributed by atoms with E-state index in [1.807, 2.05) is 0 Å². The van der Waals surface area contributed by atoms with Crippen LogP contribution in [0.1, 0.15) is 6.92 Å². The lowest BCUT2D eigenvalue weighted by Crippen LogP contribution is -2.06. The molecule has 11 heteroatoms. The van der Waals surface area contributed by atoms with Gasteiger partial charge in [0.2, 0.25) is 0 Å². The minimum Gasteiger partial charge on any atom is -0.366 e. The third-order valence-electron chi connectivity index (χ3n) is 0.486. The summed E-state index contributed by atoms with van der Waals surface area (Å²) in [6.45, 7) is 1.04. The molecular weight excluding hydrogens is 230 g/mol. The van der Waals surface area contributed by atoms with Crippen molar-refractivity contribution in [1.29, 1.82) is 0 Å². The normalized spacial score (nSPS) is 19.5. The molecule has 13 heavy (non-hydrogen) atoms. The topological polar surface area (TPSA) is 143 Å². The molecule has 0 aromatic heterocycles. The molecule has 0 saturated heterocycles. The molecule has 0 saturated carbocycles. The predicted molar refractivity (Wildman–Crippen MR) is 36.8 cm³/mol. The second-order valence-corrected chi connectivity index (χ2v) is 4.53. The van der Waals surface area contributed by atoms with E-state index >= 15 is 0 Å². The van der Waals surface area contributed by atoms with Crippen molar-refractivity contribution >= 4 is 15.6 Å². The predicted octanol–water partition coefficient (Wildman–Crippen LogP) is -0.517. The minimum atomic E-state index is -5.15. The zero-order chi connectivity index (χ0) is 10.7. The van der Waals surface area contributed by atoms with Crippen molar-refractivity contribution in [2.45, 2.75) is 13.2 Å². The average Bonchev–Trinajstić information content (AvgIpc) is 1.78. The monoisotopic (exact) mass is 238 g/mol. The average molecular weight is 238 g/mol. The molecule has 0 amide bonds. The minimum absolute atomic E-state index is 1.04. The number of aliphatic hydroxyl groups is 1. The van der Waals surface area contributed by atoms with Gasteiger partial charge in [-0.1, -0.05) is 0 Å². The number of rotatable bonds is 5. The first-order valence-corrected chi connectivity index (χ1v) is 5.78. The third-order valence-corrected chi connectivity index (χ3v) is 2.44. The van der Waals surface area contributed by atoms with E-state index in [9.17, 15) is 9.13 Å². The zero-order valence-electron chi connectivity index (χ0n) is 6.30. The van der Waals surface area contributed by atoms with E-state index in [2.05, 4.69) is 13.9 Å². The van der Waals surface area contributed by atoms with Gasteiger partial charge in [-0.25, -0.2) is 9.13 Å². The second-order valence-electron chi connectivity index (χ2n) is 1.81.